The van der Waals surface area contributed by atoms with Crippen LogP contribution >= 0.6 is 0 Å². The molecule has 0 bridgehead atoms. The smallest absolute Gasteiger partial charge is 0.242 e. The Kier molecular flexibility index (Phi) is 9.13. The summed E-state index contributed by atoms with van der Waals surface area (Å²) < 4.78 is 5.17. The van der Waals surface area contributed by atoms with Gasteiger partial charge in [-0.15, -0.1) is 0 Å². The zero-order chi connectivity index (χ0) is 15.3. The maximum Gasteiger partial charge on any atom is 0.242 e. The summed E-state index contributed by atoms with van der Waals surface area (Å²) >= 11 is 0. The average molecular weight is 290 g/mol. The molecule has 0 saturated heterocycles. The SMILES string of the molecule is CCCCC/C(=N\NC(=O)CCOCC)c1ccccc1. The number of nitrogens with zero attached hydrogens (tertiary/aromatic N) is 1. The van der Waals surface area contributed by atoms with Gasteiger partial charge in [-0.25, -0.2) is 5.43 Å². The van der Waals surface area contributed by atoms with Crippen molar-refractivity contribution in [2.45, 2.75) is 46.0 Å². The zero-order valence-corrected chi connectivity index (χ0v) is 13.1. The van der Waals surface area contributed by atoms with Gasteiger partial charge in [0.05, 0.1) is 18.7 Å². The first-order valence-corrected chi connectivity index (χ1v) is 7.76. The number of amides is 1. The molecule has 1 rings (SSSR count). The molecule has 0 saturated carbocycles. The van der Waals surface area contributed by atoms with Crippen LogP contribution in [0.15, 0.2) is 35.4 Å². The molecular formula is C17H26N2O2. The van der Waals surface area contributed by atoms with Gasteiger partial charge in [-0.1, -0.05) is 50.1 Å². The lowest BCUT2D eigenvalue weighted by molar-refractivity contribution is -0.122. The number of hydrazone groups is 1. The van der Waals surface area contributed by atoms with E-state index in [0.29, 0.717) is 19.6 Å². The van der Waals surface area contributed by atoms with Crippen LogP contribution < -0.4 is 5.43 Å². The molecule has 0 atom stereocenters. The average Bonchev–Trinajstić information content (AvgIpc) is 2.52. The van der Waals surface area contributed by atoms with Crippen molar-refractivity contribution < 1.29 is 9.53 Å². The Hall–Kier alpha value is -1.68. The van der Waals surface area contributed by atoms with Crippen LogP contribution in [0.3, 0.4) is 0 Å². The van der Waals surface area contributed by atoms with Crippen LogP contribution in [0, 0.1) is 0 Å². The van der Waals surface area contributed by atoms with Crippen molar-refractivity contribution in [1.82, 2.24) is 5.43 Å². The number of rotatable bonds is 10. The van der Waals surface area contributed by atoms with E-state index in [4.69, 9.17) is 4.74 Å². The molecule has 1 N–H and O–H groups in total. The number of ether oxygens (including phenoxy) is 1. The van der Waals surface area contributed by atoms with Gasteiger partial charge in [-0.05, 0) is 25.3 Å². The summed E-state index contributed by atoms with van der Waals surface area (Å²) in [5.74, 6) is -0.104. The molecule has 1 amide bonds. The Bertz CT molecular complexity index is 430. The van der Waals surface area contributed by atoms with Crippen LogP contribution in [-0.4, -0.2) is 24.8 Å². The molecule has 1 aromatic rings. The fraction of sp³-hybridized carbons (Fsp3) is 0.529. The minimum Gasteiger partial charge on any atom is -0.381 e. The van der Waals surface area contributed by atoms with E-state index in [1.165, 1.54) is 12.8 Å². The Labute approximate surface area is 127 Å². The quantitative estimate of drug-likeness (QED) is 0.407. The molecule has 21 heavy (non-hydrogen) atoms. The molecule has 0 aromatic heterocycles. The third-order valence-electron chi connectivity index (χ3n) is 3.12. The number of carbonyl (C=O) groups excluding carboxylic acids is 1. The lowest BCUT2D eigenvalue weighted by Gasteiger charge is -2.07. The summed E-state index contributed by atoms with van der Waals surface area (Å²) in [5.41, 5.74) is 4.64. The molecule has 0 spiro atoms. The molecule has 0 aliphatic rings. The van der Waals surface area contributed by atoms with E-state index in [2.05, 4.69) is 17.5 Å². The van der Waals surface area contributed by atoms with Gasteiger partial charge in [0, 0.05) is 6.61 Å². The zero-order valence-electron chi connectivity index (χ0n) is 13.1. The van der Waals surface area contributed by atoms with E-state index < -0.39 is 0 Å². The Morgan fingerprint density at radius 3 is 2.57 bits per heavy atom. The Morgan fingerprint density at radius 2 is 1.90 bits per heavy atom. The van der Waals surface area contributed by atoms with Crippen LogP contribution in [-0.2, 0) is 9.53 Å². The van der Waals surface area contributed by atoms with Crippen LogP contribution in [0.1, 0.15) is 51.5 Å². The molecule has 0 fully saturated rings. The lowest BCUT2D eigenvalue weighted by Crippen LogP contribution is -2.21. The highest BCUT2D eigenvalue weighted by atomic mass is 16.5. The van der Waals surface area contributed by atoms with Crippen molar-refractivity contribution in [2.24, 2.45) is 5.10 Å². The highest BCUT2D eigenvalue weighted by Crippen LogP contribution is 2.09. The van der Waals surface area contributed by atoms with Gasteiger partial charge in [0.1, 0.15) is 0 Å². The van der Waals surface area contributed by atoms with Crippen molar-refractivity contribution in [1.29, 1.82) is 0 Å². The van der Waals surface area contributed by atoms with E-state index in [9.17, 15) is 4.79 Å². The number of hydrogen-bond acceptors (Lipinski definition) is 3. The predicted octanol–water partition coefficient (Wildman–Crippen LogP) is 3.51. The minimum absolute atomic E-state index is 0.104. The monoisotopic (exact) mass is 290 g/mol. The summed E-state index contributed by atoms with van der Waals surface area (Å²) in [6, 6.07) is 10.0. The maximum atomic E-state index is 11.7. The highest BCUT2D eigenvalue weighted by molar-refractivity contribution is 6.01. The first-order valence-electron chi connectivity index (χ1n) is 7.76. The number of hydrogen-bond donors (Lipinski definition) is 1. The highest BCUT2D eigenvalue weighted by Gasteiger charge is 2.05. The molecule has 0 heterocycles. The summed E-state index contributed by atoms with van der Waals surface area (Å²) in [6.07, 6.45) is 4.64. The number of unbranched alkanes of at least 4 members (excludes halogenated alkanes) is 2. The van der Waals surface area contributed by atoms with Crippen molar-refractivity contribution >= 4 is 11.6 Å². The first-order chi connectivity index (χ1) is 10.3. The third-order valence-corrected chi connectivity index (χ3v) is 3.12. The van der Waals surface area contributed by atoms with E-state index in [0.717, 1.165) is 24.1 Å². The molecular weight excluding hydrogens is 264 g/mol. The van der Waals surface area contributed by atoms with Gasteiger partial charge in [0.25, 0.3) is 0 Å². The van der Waals surface area contributed by atoms with Crippen molar-refractivity contribution in [3.63, 3.8) is 0 Å². The fourth-order valence-corrected chi connectivity index (χ4v) is 1.93. The predicted molar refractivity (Wildman–Crippen MR) is 86.4 cm³/mol. The van der Waals surface area contributed by atoms with Crippen LogP contribution in [0.5, 0.6) is 0 Å². The lowest BCUT2D eigenvalue weighted by atomic mass is 10.0. The molecule has 0 unspecified atom stereocenters. The van der Waals surface area contributed by atoms with Crippen LogP contribution in [0.25, 0.3) is 0 Å². The van der Waals surface area contributed by atoms with Gasteiger partial charge in [0.15, 0.2) is 0 Å². The number of nitrogens with one attached hydrogen (secondary N) is 1. The minimum atomic E-state index is -0.104. The van der Waals surface area contributed by atoms with Crippen molar-refractivity contribution in [2.75, 3.05) is 13.2 Å². The van der Waals surface area contributed by atoms with E-state index in [1.807, 2.05) is 37.3 Å². The second kappa shape index (κ2) is 11.0. The number of carbonyl (C=O) groups is 1. The summed E-state index contributed by atoms with van der Waals surface area (Å²) in [4.78, 5) is 11.7. The molecule has 116 valence electrons. The fourth-order valence-electron chi connectivity index (χ4n) is 1.93. The van der Waals surface area contributed by atoms with Gasteiger partial charge < -0.3 is 4.74 Å². The molecule has 0 radical (unpaired) electrons. The van der Waals surface area contributed by atoms with E-state index >= 15 is 0 Å². The molecule has 4 nitrogen and oxygen atoms in total. The van der Waals surface area contributed by atoms with Crippen LogP contribution in [0.2, 0.25) is 0 Å². The summed E-state index contributed by atoms with van der Waals surface area (Å²) in [7, 11) is 0. The van der Waals surface area contributed by atoms with Gasteiger partial charge >= 0.3 is 0 Å². The molecule has 0 aliphatic carbocycles. The Balaban J connectivity index is 2.58. The number of benzene rings is 1. The first kappa shape index (κ1) is 17.4. The topological polar surface area (TPSA) is 50.7 Å². The summed E-state index contributed by atoms with van der Waals surface area (Å²) in [6.45, 7) is 5.16. The van der Waals surface area contributed by atoms with Gasteiger partial charge in [-0.3, -0.25) is 4.79 Å². The largest absolute Gasteiger partial charge is 0.381 e. The van der Waals surface area contributed by atoms with Gasteiger partial charge in [-0.2, -0.15) is 5.10 Å². The molecule has 0 aliphatic heterocycles. The summed E-state index contributed by atoms with van der Waals surface area (Å²) in [5, 5.41) is 4.31. The third kappa shape index (κ3) is 7.61. The molecule has 1 aromatic carbocycles. The second-order valence-corrected chi connectivity index (χ2v) is 4.86. The Morgan fingerprint density at radius 1 is 1.14 bits per heavy atom. The van der Waals surface area contributed by atoms with Crippen molar-refractivity contribution in [3.8, 4) is 0 Å². The van der Waals surface area contributed by atoms with Gasteiger partial charge in [0.2, 0.25) is 5.91 Å². The van der Waals surface area contributed by atoms with Crippen LogP contribution in [0.4, 0.5) is 0 Å². The standard InChI is InChI=1S/C17H26N2O2/c1-3-5-7-12-16(15-10-8-6-9-11-15)18-19-17(20)13-14-21-4-2/h6,8-11H,3-5,7,12-14H2,1-2H3,(H,19,20)/b18-16+. The van der Waals surface area contributed by atoms with E-state index in [-0.39, 0.29) is 5.91 Å². The maximum absolute atomic E-state index is 11.7. The molecule has 4 heteroatoms. The van der Waals surface area contributed by atoms with Crippen molar-refractivity contribution in [3.05, 3.63) is 35.9 Å². The normalized spacial score (nSPS) is 11.4. The second-order valence-electron chi connectivity index (χ2n) is 4.86. The van der Waals surface area contributed by atoms with E-state index in [1.54, 1.807) is 0 Å².